The van der Waals surface area contributed by atoms with Gasteiger partial charge in [0.25, 0.3) is 0 Å². The van der Waals surface area contributed by atoms with E-state index in [1.165, 1.54) is 0 Å². The minimum atomic E-state index is 0. The molecule has 0 saturated carbocycles. The molecule has 0 spiro atoms. The molecular formula is C17H27I2N5O2. The van der Waals surface area contributed by atoms with E-state index in [0.717, 1.165) is 49.2 Å². The summed E-state index contributed by atoms with van der Waals surface area (Å²) in [5, 5.41) is 24.5. The normalized spacial score (nSPS) is 15.5. The molecule has 0 saturated heterocycles. The fourth-order valence-electron chi connectivity index (χ4n) is 2.90. The van der Waals surface area contributed by atoms with Crippen molar-refractivity contribution >= 4 is 48.0 Å². The van der Waals surface area contributed by atoms with Crippen LogP contribution in [0.3, 0.4) is 0 Å². The van der Waals surface area contributed by atoms with E-state index >= 15 is 0 Å². The largest absolute Gasteiger partial charge is 0.396 e. The number of rotatable bonds is 8. The lowest BCUT2D eigenvalue weighted by Crippen LogP contribution is -2.23. The molecule has 26 heavy (non-hydrogen) atoms. The van der Waals surface area contributed by atoms with Gasteiger partial charge in [0, 0.05) is 49.8 Å². The van der Waals surface area contributed by atoms with E-state index in [9.17, 15) is 0 Å². The first-order chi connectivity index (χ1) is 11.8. The van der Waals surface area contributed by atoms with Crippen LogP contribution >= 0.6 is 48.0 Å². The van der Waals surface area contributed by atoms with Crippen LogP contribution < -0.4 is 10.6 Å². The Hall–Kier alpha value is -0.790. The Kier molecular flexibility index (Phi) is 10.6. The molecule has 0 atom stereocenters. The molecule has 0 fully saturated rings. The predicted octanol–water partition coefficient (Wildman–Crippen LogP) is 1.49. The molecule has 2 aliphatic rings. The molecule has 0 radical (unpaired) electrons. The molecule has 7 nitrogen and oxygen atoms in total. The van der Waals surface area contributed by atoms with Crippen LogP contribution in [0.15, 0.2) is 42.0 Å². The third kappa shape index (κ3) is 6.74. The first kappa shape index (κ1) is 23.2. The van der Waals surface area contributed by atoms with Gasteiger partial charge in [0.1, 0.15) is 0 Å². The van der Waals surface area contributed by atoms with Crippen LogP contribution in [-0.2, 0) is 13.1 Å². The summed E-state index contributed by atoms with van der Waals surface area (Å²) in [4.78, 5) is 9.07. The van der Waals surface area contributed by atoms with Gasteiger partial charge in [-0.25, -0.2) is 0 Å². The van der Waals surface area contributed by atoms with Gasteiger partial charge in [-0.2, -0.15) is 0 Å². The first-order valence-electron chi connectivity index (χ1n) is 8.30. The first-order valence-corrected chi connectivity index (χ1v) is 8.30. The molecule has 146 valence electrons. The summed E-state index contributed by atoms with van der Waals surface area (Å²) in [6, 6.07) is 6.12. The van der Waals surface area contributed by atoms with E-state index in [0.29, 0.717) is 12.8 Å². The predicted molar refractivity (Wildman–Crippen MR) is 122 cm³/mol. The van der Waals surface area contributed by atoms with Crippen LogP contribution in [0.1, 0.15) is 24.2 Å². The summed E-state index contributed by atoms with van der Waals surface area (Å²) < 4.78 is 0. The third-order valence-electron chi connectivity index (χ3n) is 4.05. The van der Waals surface area contributed by atoms with Crippen molar-refractivity contribution in [2.24, 2.45) is 0 Å². The van der Waals surface area contributed by atoms with Crippen molar-refractivity contribution in [2.75, 3.05) is 26.6 Å². The van der Waals surface area contributed by atoms with Gasteiger partial charge in [0.05, 0.1) is 37.8 Å². The van der Waals surface area contributed by atoms with Crippen molar-refractivity contribution in [3.63, 3.8) is 0 Å². The minimum absolute atomic E-state index is 0. The number of nitrogens with one attached hydrogen (secondary N) is 2. The second kappa shape index (κ2) is 11.8. The van der Waals surface area contributed by atoms with Crippen molar-refractivity contribution in [1.29, 1.82) is 0 Å². The summed E-state index contributed by atoms with van der Waals surface area (Å²) in [5.74, 6) is 0. The van der Waals surface area contributed by atoms with E-state index in [-0.39, 0.29) is 61.2 Å². The lowest BCUT2D eigenvalue weighted by atomic mass is 10.2. The minimum Gasteiger partial charge on any atom is -0.396 e. The summed E-state index contributed by atoms with van der Waals surface area (Å²) >= 11 is 0. The second-order valence-electron chi connectivity index (χ2n) is 6.04. The number of pyridine rings is 1. The maximum absolute atomic E-state index is 8.99. The summed E-state index contributed by atoms with van der Waals surface area (Å²) in [7, 11) is 0. The zero-order chi connectivity index (χ0) is 16.8. The van der Waals surface area contributed by atoms with Crippen LogP contribution in [0.25, 0.3) is 0 Å². The van der Waals surface area contributed by atoms with E-state index in [1.54, 1.807) is 0 Å². The number of nitrogens with zero attached hydrogens (tertiary/aromatic N) is 3. The van der Waals surface area contributed by atoms with Gasteiger partial charge in [-0.1, -0.05) is 6.07 Å². The molecule has 0 aliphatic carbocycles. The second-order valence-corrected chi connectivity index (χ2v) is 6.04. The highest BCUT2D eigenvalue weighted by atomic mass is 127. The number of halogens is 2. The van der Waals surface area contributed by atoms with Crippen molar-refractivity contribution in [3.8, 4) is 0 Å². The SMILES string of the molecule is I.I.OCCC1=CN(Cc2cccc(CN3C=C(CCO)NC3)n2)CN1. The lowest BCUT2D eigenvalue weighted by molar-refractivity contribution is 0.296. The van der Waals surface area contributed by atoms with Gasteiger partial charge in [-0.3, -0.25) is 4.98 Å². The van der Waals surface area contributed by atoms with Gasteiger partial charge in [-0.05, 0) is 12.1 Å². The Bertz CT molecular complexity index is 578. The molecule has 3 heterocycles. The zero-order valence-corrected chi connectivity index (χ0v) is 19.3. The lowest BCUT2D eigenvalue weighted by Gasteiger charge is -2.16. The van der Waals surface area contributed by atoms with Crippen molar-refractivity contribution in [3.05, 3.63) is 53.4 Å². The molecule has 1 aromatic heterocycles. The zero-order valence-electron chi connectivity index (χ0n) is 14.6. The summed E-state index contributed by atoms with van der Waals surface area (Å²) in [6.07, 6.45) is 5.43. The average Bonchev–Trinajstić information content (AvgIpc) is 3.18. The third-order valence-corrected chi connectivity index (χ3v) is 4.05. The maximum atomic E-state index is 8.99. The Morgan fingerprint density at radius 3 is 1.73 bits per heavy atom. The molecule has 0 amide bonds. The quantitative estimate of drug-likeness (QED) is 0.344. The maximum Gasteiger partial charge on any atom is 0.0873 e. The number of aliphatic hydroxyl groups excluding tert-OH is 2. The number of aromatic nitrogens is 1. The number of hydrogen-bond acceptors (Lipinski definition) is 7. The Balaban J connectivity index is 0.00000169. The van der Waals surface area contributed by atoms with Crippen molar-refractivity contribution in [1.82, 2.24) is 25.4 Å². The molecule has 2 aliphatic heterocycles. The average molecular weight is 587 g/mol. The van der Waals surface area contributed by atoms with Crippen molar-refractivity contribution < 1.29 is 10.2 Å². The molecule has 1 aromatic rings. The topological polar surface area (TPSA) is 83.9 Å². The Morgan fingerprint density at radius 2 is 1.31 bits per heavy atom. The molecule has 4 N–H and O–H groups in total. The number of aliphatic hydroxyl groups is 2. The van der Waals surface area contributed by atoms with E-state index in [4.69, 9.17) is 15.2 Å². The van der Waals surface area contributed by atoms with E-state index in [1.807, 2.05) is 18.2 Å². The van der Waals surface area contributed by atoms with Crippen LogP contribution in [0.2, 0.25) is 0 Å². The molecule has 0 bridgehead atoms. The van der Waals surface area contributed by atoms with E-state index in [2.05, 4.69) is 32.8 Å². The standard InChI is InChI=1S/C17H25N5O2.2HI/c23-6-4-14-8-21(12-18-14)10-16-2-1-3-17(20-16)11-22-9-15(5-7-24)19-13-22;;/h1-3,8-9,18-19,23-24H,4-7,10-13H2;2*1H. The highest BCUT2D eigenvalue weighted by molar-refractivity contribution is 14.0. The smallest absolute Gasteiger partial charge is 0.0873 e. The van der Waals surface area contributed by atoms with Crippen LogP contribution in [-0.4, -0.2) is 51.5 Å². The van der Waals surface area contributed by atoms with Gasteiger partial charge in [0.15, 0.2) is 0 Å². The highest BCUT2D eigenvalue weighted by Crippen LogP contribution is 2.14. The van der Waals surface area contributed by atoms with Crippen LogP contribution in [0.4, 0.5) is 0 Å². The molecule has 0 unspecified atom stereocenters. The Labute approximate surface area is 188 Å². The molecule has 0 aromatic carbocycles. The fourth-order valence-corrected chi connectivity index (χ4v) is 2.90. The number of hydrogen-bond donors (Lipinski definition) is 4. The van der Waals surface area contributed by atoms with Gasteiger partial charge < -0.3 is 30.6 Å². The molecular weight excluding hydrogens is 560 g/mol. The monoisotopic (exact) mass is 587 g/mol. The molecule has 9 heteroatoms. The fraction of sp³-hybridized carbons (Fsp3) is 0.471. The molecule has 3 rings (SSSR count). The Morgan fingerprint density at radius 1 is 0.846 bits per heavy atom. The highest BCUT2D eigenvalue weighted by Gasteiger charge is 2.14. The summed E-state index contributed by atoms with van der Waals surface area (Å²) in [6.45, 7) is 3.33. The van der Waals surface area contributed by atoms with E-state index < -0.39 is 0 Å². The van der Waals surface area contributed by atoms with Gasteiger partial charge in [-0.15, -0.1) is 48.0 Å². The van der Waals surface area contributed by atoms with Gasteiger partial charge >= 0.3 is 0 Å². The van der Waals surface area contributed by atoms with Crippen molar-refractivity contribution in [2.45, 2.75) is 25.9 Å². The van der Waals surface area contributed by atoms with Gasteiger partial charge in [0.2, 0.25) is 0 Å². The van der Waals surface area contributed by atoms with Crippen LogP contribution in [0.5, 0.6) is 0 Å². The van der Waals surface area contributed by atoms with Crippen LogP contribution in [0, 0.1) is 0 Å². The summed E-state index contributed by atoms with van der Waals surface area (Å²) in [5.41, 5.74) is 4.20.